The molecule has 5 heteroatoms. The van der Waals surface area contributed by atoms with Gasteiger partial charge >= 0.3 is 0 Å². The maximum atomic E-state index is 13.5. The van der Waals surface area contributed by atoms with Gasteiger partial charge in [-0.15, -0.1) is 0 Å². The van der Waals surface area contributed by atoms with E-state index in [9.17, 15) is 9.18 Å². The molecule has 4 nitrogen and oxygen atoms in total. The van der Waals surface area contributed by atoms with Gasteiger partial charge in [0.2, 0.25) is 5.91 Å². The first-order valence-corrected chi connectivity index (χ1v) is 6.75. The van der Waals surface area contributed by atoms with Gasteiger partial charge in [-0.1, -0.05) is 18.2 Å². The van der Waals surface area contributed by atoms with Gasteiger partial charge in [0.05, 0.1) is 6.42 Å². The summed E-state index contributed by atoms with van der Waals surface area (Å²) in [4.78, 5) is 16.2. The standard InChI is InChI=1S/C15H16FN3O/c16-13-4-2-1-3-11(13)9-15(20)18-12-5-7-19-8-6-17-14(19)10-12/h1-4,6,8,12H,5,7,9-10H2,(H,18,20). The van der Waals surface area contributed by atoms with E-state index in [0.29, 0.717) is 5.56 Å². The second kappa shape index (κ2) is 5.45. The average molecular weight is 273 g/mol. The van der Waals surface area contributed by atoms with Gasteiger partial charge in [0, 0.05) is 31.4 Å². The first-order valence-electron chi connectivity index (χ1n) is 6.75. The van der Waals surface area contributed by atoms with Crippen LogP contribution in [0.15, 0.2) is 36.7 Å². The van der Waals surface area contributed by atoms with Crippen LogP contribution in [0.2, 0.25) is 0 Å². The quantitative estimate of drug-likeness (QED) is 0.925. The van der Waals surface area contributed by atoms with E-state index in [2.05, 4.69) is 14.9 Å². The molecule has 0 radical (unpaired) electrons. The Morgan fingerprint density at radius 2 is 2.30 bits per heavy atom. The molecule has 20 heavy (non-hydrogen) atoms. The van der Waals surface area contributed by atoms with Crippen LogP contribution >= 0.6 is 0 Å². The molecule has 0 bridgehead atoms. The van der Waals surface area contributed by atoms with Crippen LogP contribution in [0.4, 0.5) is 4.39 Å². The summed E-state index contributed by atoms with van der Waals surface area (Å²) in [6, 6.07) is 6.47. The van der Waals surface area contributed by atoms with Crippen molar-refractivity contribution in [2.75, 3.05) is 0 Å². The number of hydrogen-bond donors (Lipinski definition) is 1. The lowest BCUT2D eigenvalue weighted by Crippen LogP contribution is -2.41. The lowest BCUT2D eigenvalue weighted by atomic mass is 10.1. The number of rotatable bonds is 3. The van der Waals surface area contributed by atoms with Crippen molar-refractivity contribution in [2.24, 2.45) is 0 Å². The van der Waals surface area contributed by atoms with E-state index in [-0.39, 0.29) is 24.2 Å². The first-order chi connectivity index (χ1) is 9.72. The minimum Gasteiger partial charge on any atom is -0.353 e. The van der Waals surface area contributed by atoms with Gasteiger partial charge in [-0.05, 0) is 18.1 Å². The normalized spacial score (nSPS) is 17.6. The van der Waals surface area contributed by atoms with E-state index in [1.807, 2.05) is 6.20 Å². The largest absolute Gasteiger partial charge is 0.353 e. The van der Waals surface area contributed by atoms with Crippen LogP contribution in [0.5, 0.6) is 0 Å². The van der Waals surface area contributed by atoms with Gasteiger partial charge in [-0.25, -0.2) is 9.37 Å². The molecule has 1 N–H and O–H groups in total. The summed E-state index contributed by atoms with van der Waals surface area (Å²) in [5.41, 5.74) is 0.433. The number of nitrogens with zero attached hydrogens (tertiary/aromatic N) is 2. The highest BCUT2D eigenvalue weighted by Gasteiger charge is 2.21. The van der Waals surface area contributed by atoms with Crippen molar-refractivity contribution < 1.29 is 9.18 Å². The lowest BCUT2D eigenvalue weighted by molar-refractivity contribution is -0.121. The van der Waals surface area contributed by atoms with E-state index >= 15 is 0 Å². The molecule has 1 aromatic carbocycles. The number of nitrogens with one attached hydrogen (secondary N) is 1. The Labute approximate surface area is 116 Å². The third kappa shape index (κ3) is 2.71. The summed E-state index contributed by atoms with van der Waals surface area (Å²) in [6.45, 7) is 0.861. The molecule has 0 saturated carbocycles. The maximum absolute atomic E-state index is 13.5. The zero-order valence-electron chi connectivity index (χ0n) is 11.1. The molecule has 2 aromatic rings. The topological polar surface area (TPSA) is 46.9 Å². The van der Waals surface area contributed by atoms with Gasteiger partial charge in [0.15, 0.2) is 0 Å². The van der Waals surface area contributed by atoms with E-state index in [1.54, 1.807) is 24.4 Å². The Morgan fingerprint density at radius 1 is 1.45 bits per heavy atom. The van der Waals surface area contributed by atoms with Crippen molar-refractivity contribution in [1.29, 1.82) is 0 Å². The zero-order valence-corrected chi connectivity index (χ0v) is 11.1. The van der Waals surface area contributed by atoms with Crippen LogP contribution in [0.25, 0.3) is 0 Å². The fourth-order valence-electron chi connectivity index (χ4n) is 2.57. The number of benzene rings is 1. The van der Waals surface area contributed by atoms with Crippen molar-refractivity contribution in [2.45, 2.75) is 31.8 Å². The third-order valence-corrected chi connectivity index (χ3v) is 3.62. The first kappa shape index (κ1) is 12.8. The highest BCUT2D eigenvalue weighted by molar-refractivity contribution is 5.78. The van der Waals surface area contributed by atoms with Gasteiger partial charge < -0.3 is 9.88 Å². The summed E-state index contributed by atoms with van der Waals surface area (Å²) in [7, 11) is 0. The smallest absolute Gasteiger partial charge is 0.224 e. The molecular weight excluding hydrogens is 257 g/mol. The maximum Gasteiger partial charge on any atom is 0.224 e. The number of imidazole rings is 1. The molecule has 1 aliphatic heterocycles. The van der Waals surface area contributed by atoms with Gasteiger partial charge in [0.1, 0.15) is 11.6 Å². The molecule has 0 saturated heterocycles. The molecule has 1 unspecified atom stereocenters. The molecule has 0 fully saturated rings. The average Bonchev–Trinajstić information content (AvgIpc) is 2.89. The van der Waals surface area contributed by atoms with Crippen LogP contribution < -0.4 is 5.32 Å². The SMILES string of the molecule is O=C(Cc1ccccc1F)NC1CCn2ccnc2C1. The third-order valence-electron chi connectivity index (χ3n) is 3.62. The minimum atomic E-state index is -0.332. The highest BCUT2D eigenvalue weighted by atomic mass is 19.1. The lowest BCUT2D eigenvalue weighted by Gasteiger charge is -2.24. The molecule has 0 aliphatic carbocycles. The predicted octanol–water partition coefficient (Wildman–Crippen LogP) is 1.70. The van der Waals surface area contributed by atoms with E-state index in [0.717, 1.165) is 25.2 Å². The second-order valence-corrected chi connectivity index (χ2v) is 5.06. The summed E-state index contributed by atoms with van der Waals surface area (Å²) < 4.78 is 15.6. The minimum absolute atomic E-state index is 0.0810. The van der Waals surface area contributed by atoms with Crippen molar-refractivity contribution in [3.8, 4) is 0 Å². The molecular formula is C15H16FN3O. The number of fused-ring (bicyclic) bond motifs is 1. The van der Waals surface area contributed by atoms with Gasteiger partial charge in [0.25, 0.3) is 0 Å². The van der Waals surface area contributed by atoms with Crippen LogP contribution in [-0.4, -0.2) is 21.5 Å². The van der Waals surface area contributed by atoms with Crippen molar-refractivity contribution in [3.63, 3.8) is 0 Å². The molecule has 104 valence electrons. The molecule has 0 spiro atoms. The monoisotopic (exact) mass is 273 g/mol. The Hall–Kier alpha value is -2.17. The molecule has 1 aromatic heterocycles. The molecule has 2 heterocycles. The Morgan fingerprint density at radius 3 is 3.15 bits per heavy atom. The Balaban J connectivity index is 1.59. The van der Waals surface area contributed by atoms with Crippen LogP contribution in [0, 0.1) is 5.82 Å². The second-order valence-electron chi connectivity index (χ2n) is 5.06. The number of aromatic nitrogens is 2. The Kier molecular flexibility index (Phi) is 3.50. The van der Waals surface area contributed by atoms with Crippen LogP contribution in [-0.2, 0) is 24.2 Å². The van der Waals surface area contributed by atoms with E-state index in [1.165, 1.54) is 6.07 Å². The summed E-state index contributed by atoms with van der Waals surface area (Å²) in [5.74, 6) is 0.523. The number of carbonyl (C=O) groups is 1. The number of halogens is 1. The number of aryl methyl sites for hydroxylation is 1. The van der Waals surface area contributed by atoms with Crippen LogP contribution in [0.1, 0.15) is 17.8 Å². The predicted molar refractivity (Wildman–Crippen MR) is 72.6 cm³/mol. The molecule has 1 aliphatic rings. The summed E-state index contributed by atoms with van der Waals surface area (Å²) in [5, 5.41) is 2.97. The highest BCUT2D eigenvalue weighted by Crippen LogP contribution is 2.14. The number of amides is 1. The summed E-state index contributed by atoms with van der Waals surface area (Å²) in [6.07, 6.45) is 5.42. The fourth-order valence-corrected chi connectivity index (χ4v) is 2.57. The van der Waals surface area contributed by atoms with Gasteiger partial charge in [-0.3, -0.25) is 4.79 Å². The number of carbonyl (C=O) groups excluding carboxylic acids is 1. The van der Waals surface area contributed by atoms with E-state index in [4.69, 9.17) is 0 Å². The van der Waals surface area contributed by atoms with E-state index < -0.39 is 0 Å². The van der Waals surface area contributed by atoms with Crippen molar-refractivity contribution in [1.82, 2.24) is 14.9 Å². The van der Waals surface area contributed by atoms with Gasteiger partial charge in [-0.2, -0.15) is 0 Å². The molecule has 1 atom stereocenters. The summed E-state index contributed by atoms with van der Waals surface area (Å²) >= 11 is 0. The molecule has 3 rings (SSSR count). The zero-order chi connectivity index (χ0) is 13.9. The van der Waals surface area contributed by atoms with Crippen LogP contribution in [0.3, 0.4) is 0 Å². The molecule has 1 amide bonds. The van der Waals surface area contributed by atoms with Crippen molar-refractivity contribution in [3.05, 3.63) is 53.9 Å². The Bertz CT molecular complexity index is 623. The number of hydrogen-bond acceptors (Lipinski definition) is 2. The van der Waals surface area contributed by atoms with Crippen molar-refractivity contribution >= 4 is 5.91 Å². The fraction of sp³-hybridized carbons (Fsp3) is 0.333.